The number of nitrogens with one attached hydrogen (secondary N) is 1. The Kier molecular flexibility index (Phi) is 3.25. The number of fused-ring (bicyclic) bond motifs is 1. The van der Waals surface area contributed by atoms with Crippen LogP contribution in [0.5, 0.6) is 0 Å². The molecular formula is C13H13BrN2. The second-order valence-electron chi connectivity index (χ2n) is 3.67. The van der Waals surface area contributed by atoms with Gasteiger partial charge in [-0.05, 0) is 28.9 Å². The van der Waals surface area contributed by atoms with Crippen molar-refractivity contribution in [1.29, 1.82) is 0 Å². The van der Waals surface area contributed by atoms with Crippen LogP contribution in [-0.4, -0.2) is 11.5 Å². The van der Waals surface area contributed by atoms with Crippen LogP contribution in [0.3, 0.4) is 0 Å². The largest absolute Gasteiger partial charge is 0.366 e. The lowest BCUT2D eigenvalue weighted by Gasteiger charge is -2.09. The molecule has 16 heavy (non-hydrogen) atoms. The Hall–Kier alpha value is -1.35. The number of benzene rings is 1. The molecule has 0 aliphatic rings. The molecule has 82 valence electrons. The fraction of sp³-hybridized carbons (Fsp3) is 0.154. The van der Waals surface area contributed by atoms with Gasteiger partial charge in [-0.3, -0.25) is 0 Å². The summed E-state index contributed by atoms with van der Waals surface area (Å²) >= 11 is 3.51. The number of aromatic nitrogens is 1. The molecule has 0 aliphatic heterocycles. The fourth-order valence-electron chi connectivity index (χ4n) is 1.63. The molecule has 0 radical (unpaired) electrons. The van der Waals surface area contributed by atoms with Crippen LogP contribution in [-0.2, 0) is 0 Å². The lowest BCUT2D eigenvalue weighted by molar-refractivity contribution is 1.24. The number of pyridine rings is 1. The molecular weight excluding hydrogens is 264 g/mol. The summed E-state index contributed by atoms with van der Waals surface area (Å²) < 4.78 is 1.02. The van der Waals surface area contributed by atoms with Crippen molar-refractivity contribution in [3.8, 4) is 0 Å². The van der Waals surface area contributed by atoms with Gasteiger partial charge in [0.1, 0.15) is 5.82 Å². The molecule has 0 amide bonds. The van der Waals surface area contributed by atoms with Crippen LogP contribution in [0.2, 0.25) is 0 Å². The molecule has 0 aliphatic carbocycles. The van der Waals surface area contributed by atoms with E-state index in [2.05, 4.69) is 57.9 Å². The van der Waals surface area contributed by atoms with Crippen molar-refractivity contribution in [3.05, 3.63) is 47.1 Å². The summed E-state index contributed by atoms with van der Waals surface area (Å²) in [6.45, 7) is 6.49. The first-order valence-corrected chi connectivity index (χ1v) is 5.91. The van der Waals surface area contributed by atoms with E-state index >= 15 is 0 Å². The smallest absolute Gasteiger partial charge is 0.134 e. The van der Waals surface area contributed by atoms with Crippen molar-refractivity contribution in [1.82, 2.24) is 4.98 Å². The zero-order chi connectivity index (χ0) is 11.5. The maximum absolute atomic E-state index is 4.38. The number of hydrogen-bond donors (Lipinski definition) is 1. The van der Waals surface area contributed by atoms with Gasteiger partial charge < -0.3 is 5.32 Å². The van der Waals surface area contributed by atoms with Crippen molar-refractivity contribution in [2.75, 3.05) is 11.9 Å². The van der Waals surface area contributed by atoms with Gasteiger partial charge in [-0.1, -0.05) is 23.8 Å². The summed E-state index contributed by atoms with van der Waals surface area (Å²) in [6, 6.07) is 6.35. The SMILES string of the molecule is C=CCNc1ncc(Br)c2ccc(C)cc12. The number of hydrogen-bond acceptors (Lipinski definition) is 2. The average Bonchev–Trinajstić information content (AvgIpc) is 2.28. The van der Waals surface area contributed by atoms with Gasteiger partial charge in [-0.2, -0.15) is 0 Å². The highest BCUT2D eigenvalue weighted by molar-refractivity contribution is 9.10. The molecule has 0 bridgehead atoms. The summed E-state index contributed by atoms with van der Waals surface area (Å²) in [5.74, 6) is 0.904. The zero-order valence-corrected chi connectivity index (χ0v) is 10.7. The van der Waals surface area contributed by atoms with Gasteiger partial charge in [0.15, 0.2) is 0 Å². The van der Waals surface area contributed by atoms with Crippen molar-refractivity contribution < 1.29 is 0 Å². The van der Waals surface area contributed by atoms with E-state index in [1.165, 1.54) is 10.9 Å². The maximum Gasteiger partial charge on any atom is 0.134 e. The predicted octanol–water partition coefficient (Wildman–Crippen LogP) is 3.90. The summed E-state index contributed by atoms with van der Waals surface area (Å²) in [6.07, 6.45) is 3.65. The van der Waals surface area contributed by atoms with E-state index in [1.807, 2.05) is 12.3 Å². The molecule has 2 aromatic rings. The van der Waals surface area contributed by atoms with Gasteiger partial charge in [-0.25, -0.2) is 4.98 Å². The van der Waals surface area contributed by atoms with E-state index in [-0.39, 0.29) is 0 Å². The lowest BCUT2D eigenvalue weighted by Crippen LogP contribution is -2.01. The molecule has 1 heterocycles. The zero-order valence-electron chi connectivity index (χ0n) is 9.13. The van der Waals surface area contributed by atoms with Gasteiger partial charge >= 0.3 is 0 Å². The van der Waals surface area contributed by atoms with Crippen molar-refractivity contribution in [2.24, 2.45) is 0 Å². The van der Waals surface area contributed by atoms with Crippen LogP contribution >= 0.6 is 15.9 Å². The van der Waals surface area contributed by atoms with Gasteiger partial charge in [0.25, 0.3) is 0 Å². The molecule has 1 N–H and O–H groups in total. The van der Waals surface area contributed by atoms with Gasteiger partial charge in [0.05, 0.1) is 0 Å². The third-order valence-corrected chi connectivity index (χ3v) is 3.04. The van der Waals surface area contributed by atoms with Crippen molar-refractivity contribution in [2.45, 2.75) is 6.92 Å². The Morgan fingerprint density at radius 3 is 3.00 bits per heavy atom. The maximum atomic E-state index is 4.38. The topological polar surface area (TPSA) is 24.9 Å². The predicted molar refractivity (Wildman–Crippen MR) is 72.9 cm³/mol. The van der Waals surface area contributed by atoms with Crippen LogP contribution in [0.1, 0.15) is 5.56 Å². The van der Waals surface area contributed by atoms with Crippen LogP contribution in [0.15, 0.2) is 41.5 Å². The van der Waals surface area contributed by atoms with Crippen LogP contribution in [0.25, 0.3) is 10.8 Å². The molecule has 0 saturated carbocycles. The summed E-state index contributed by atoms with van der Waals surface area (Å²) in [7, 11) is 0. The molecule has 0 spiro atoms. The molecule has 0 atom stereocenters. The van der Waals surface area contributed by atoms with E-state index in [9.17, 15) is 0 Å². The number of nitrogens with zero attached hydrogens (tertiary/aromatic N) is 1. The molecule has 1 aromatic heterocycles. The normalized spacial score (nSPS) is 10.4. The molecule has 3 heteroatoms. The van der Waals surface area contributed by atoms with Gasteiger partial charge in [0, 0.05) is 28.0 Å². The first-order chi connectivity index (χ1) is 7.72. The van der Waals surface area contributed by atoms with Crippen molar-refractivity contribution >= 4 is 32.5 Å². The second-order valence-corrected chi connectivity index (χ2v) is 4.53. The highest BCUT2D eigenvalue weighted by Gasteiger charge is 2.05. The second kappa shape index (κ2) is 4.66. The first kappa shape index (κ1) is 11.1. The third kappa shape index (κ3) is 2.09. The minimum absolute atomic E-state index is 0.720. The summed E-state index contributed by atoms with van der Waals surface area (Å²) in [5.41, 5.74) is 1.23. The Balaban J connectivity index is 2.60. The van der Waals surface area contributed by atoms with E-state index in [0.717, 1.165) is 22.2 Å². The Labute approximate surface area is 104 Å². The minimum atomic E-state index is 0.720. The van der Waals surface area contributed by atoms with Crippen LogP contribution in [0.4, 0.5) is 5.82 Å². The number of anilines is 1. The fourth-order valence-corrected chi connectivity index (χ4v) is 2.08. The molecule has 2 rings (SSSR count). The molecule has 0 saturated heterocycles. The molecule has 2 nitrogen and oxygen atoms in total. The number of rotatable bonds is 3. The Morgan fingerprint density at radius 2 is 2.25 bits per heavy atom. The monoisotopic (exact) mass is 276 g/mol. The van der Waals surface area contributed by atoms with E-state index < -0.39 is 0 Å². The number of aryl methyl sites for hydroxylation is 1. The van der Waals surface area contributed by atoms with E-state index in [4.69, 9.17) is 0 Å². The highest BCUT2D eigenvalue weighted by Crippen LogP contribution is 2.28. The highest BCUT2D eigenvalue weighted by atomic mass is 79.9. The quantitative estimate of drug-likeness (QED) is 0.860. The number of halogens is 1. The molecule has 1 aromatic carbocycles. The summed E-state index contributed by atoms with van der Waals surface area (Å²) in [5, 5.41) is 5.55. The van der Waals surface area contributed by atoms with E-state index in [1.54, 1.807) is 0 Å². The van der Waals surface area contributed by atoms with E-state index in [0.29, 0.717) is 0 Å². The molecule has 0 fully saturated rings. The van der Waals surface area contributed by atoms with Gasteiger partial charge in [0.2, 0.25) is 0 Å². The standard InChI is InChI=1S/C13H13BrN2/c1-3-6-15-13-11-7-9(2)4-5-10(11)12(14)8-16-13/h3-5,7-8H,1,6H2,2H3,(H,15,16). The lowest BCUT2D eigenvalue weighted by atomic mass is 10.1. The molecule has 0 unspecified atom stereocenters. The minimum Gasteiger partial charge on any atom is -0.366 e. The Bertz CT molecular complexity index is 535. The van der Waals surface area contributed by atoms with Gasteiger partial charge in [-0.15, -0.1) is 6.58 Å². The third-order valence-electron chi connectivity index (χ3n) is 2.41. The van der Waals surface area contributed by atoms with Crippen LogP contribution in [0, 0.1) is 6.92 Å². The average molecular weight is 277 g/mol. The summed E-state index contributed by atoms with van der Waals surface area (Å²) in [4.78, 5) is 4.38. The van der Waals surface area contributed by atoms with Crippen molar-refractivity contribution in [3.63, 3.8) is 0 Å². The van der Waals surface area contributed by atoms with Crippen LogP contribution < -0.4 is 5.32 Å². The first-order valence-electron chi connectivity index (χ1n) is 5.12. The Morgan fingerprint density at radius 1 is 1.44 bits per heavy atom.